The smallest absolute Gasteiger partial charge is 0.341 e. The summed E-state index contributed by atoms with van der Waals surface area (Å²) >= 11 is 9.35. The van der Waals surface area contributed by atoms with Crippen LogP contribution in [0, 0.1) is 11.3 Å². The molecule has 0 aliphatic rings. The van der Waals surface area contributed by atoms with Gasteiger partial charge in [0.2, 0.25) is 0 Å². The maximum absolute atomic E-state index is 12.3. The highest BCUT2D eigenvalue weighted by Crippen LogP contribution is 2.35. The van der Waals surface area contributed by atoms with E-state index in [9.17, 15) is 14.9 Å². The number of carboxylic acids is 1. The molecule has 0 bridgehead atoms. The molecule has 144 valence electrons. The molecule has 0 aromatic heterocycles. The molecule has 2 rings (SSSR count). The van der Waals surface area contributed by atoms with Crippen LogP contribution in [0.4, 0.5) is 5.69 Å². The van der Waals surface area contributed by atoms with Gasteiger partial charge in [0.05, 0.1) is 16.6 Å². The zero-order valence-electron chi connectivity index (χ0n) is 14.5. The second-order valence-corrected chi connectivity index (χ2v) is 6.61. The van der Waals surface area contributed by atoms with E-state index in [1.165, 1.54) is 19.3 Å². The van der Waals surface area contributed by atoms with E-state index < -0.39 is 18.5 Å². The third kappa shape index (κ3) is 5.74. The fraction of sp³-hybridized carbons (Fsp3) is 0.105. The maximum atomic E-state index is 12.3. The van der Waals surface area contributed by atoms with E-state index in [0.29, 0.717) is 21.5 Å². The van der Waals surface area contributed by atoms with Gasteiger partial charge in [0, 0.05) is 5.69 Å². The molecular formula is C19H14BrClN2O5. The van der Waals surface area contributed by atoms with Crippen LogP contribution in [0.3, 0.4) is 0 Å². The van der Waals surface area contributed by atoms with Crippen LogP contribution in [0.1, 0.15) is 5.56 Å². The fourth-order valence-corrected chi connectivity index (χ4v) is 3.11. The van der Waals surface area contributed by atoms with Gasteiger partial charge in [0.15, 0.2) is 12.4 Å². The largest absolute Gasteiger partial charge is 0.497 e. The molecule has 2 N–H and O–H groups in total. The number of hydrogen-bond donors (Lipinski definition) is 2. The Morgan fingerprint density at radius 3 is 2.54 bits per heavy atom. The number of hydrogen-bond acceptors (Lipinski definition) is 5. The summed E-state index contributed by atoms with van der Waals surface area (Å²) in [5.41, 5.74) is 0.822. The lowest BCUT2D eigenvalue weighted by Crippen LogP contribution is -2.13. The van der Waals surface area contributed by atoms with Crippen molar-refractivity contribution in [2.75, 3.05) is 19.0 Å². The summed E-state index contributed by atoms with van der Waals surface area (Å²) in [6, 6.07) is 11.5. The molecule has 7 nitrogen and oxygen atoms in total. The average molecular weight is 466 g/mol. The number of methoxy groups -OCH3 is 1. The summed E-state index contributed by atoms with van der Waals surface area (Å²) in [7, 11) is 1.53. The van der Waals surface area contributed by atoms with Gasteiger partial charge in [-0.2, -0.15) is 5.26 Å². The maximum Gasteiger partial charge on any atom is 0.341 e. The highest BCUT2D eigenvalue weighted by Gasteiger charge is 2.13. The van der Waals surface area contributed by atoms with Crippen LogP contribution >= 0.6 is 27.5 Å². The molecule has 2 aromatic carbocycles. The number of nitrogens with zero attached hydrogens (tertiary/aromatic N) is 1. The molecule has 0 atom stereocenters. The van der Waals surface area contributed by atoms with Crippen molar-refractivity contribution in [2.24, 2.45) is 0 Å². The zero-order chi connectivity index (χ0) is 20.7. The minimum atomic E-state index is -1.14. The lowest BCUT2D eigenvalue weighted by molar-refractivity contribution is -0.139. The van der Waals surface area contributed by atoms with E-state index in [0.717, 1.165) is 0 Å². The molecule has 0 unspecified atom stereocenters. The lowest BCUT2D eigenvalue weighted by Gasteiger charge is -2.10. The Labute approximate surface area is 174 Å². The number of anilines is 1. The number of halogens is 2. The van der Waals surface area contributed by atoms with Crippen LogP contribution in [0.15, 0.2) is 46.4 Å². The number of nitrogens with one attached hydrogen (secondary N) is 1. The zero-order valence-corrected chi connectivity index (χ0v) is 16.9. The topological polar surface area (TPSA) is 109 Å². The van der Waals surface area contributed by atoms with Crippen molar-refractivity contribution in [3.8, 4) is 17.6 Å². The molecule has 0 fully saturated rings. The molecular weight excluding hydrogens is 452 g/mol. The van der Waals surface area contributed by atoms with Gasteiger partial charge in [-0.25, -0.2) is 4.79 Å². The molecule has 28 heavy (non-hydrogen) atoms. The number of rotatable bonds is 7. The summed E-state index contributed by atoms with van der Waals surface area (Å²) in [4.78, 5) is 23.0. The highest BCUT2D eigenvalue weighted by molar-refractivity contribution is 9.10. The Morgan fingerprint density at radius 1 is 1.32 bits per heavy atom. The van der Waals surface area contributed by atoms with E-state index in [1.54, 1.807) is 30.3 Å². The minimum Gasteiger partial charge on any atom is -0.497 e. The fourth-order valence-electron chi connectivity index (χ4n) is 2.12. The number of ether oxygens (including phenoxy) is 2. The Morgan fingerprint density at radius 2 is 2.00 bits per heavy atom. The molecule has 0 heterocycles. The third-order valence-corrected chi connectivity index (χ3v) is 4.25. The first-order valence-electron chi connectivity index (χ1n) is 7.75. The molecule has 0 aliphatic heterocycles. The Kier molecular flexibility index (Phi) is 7.44. The predicted molar refractivity (Wildman–Crippen MR) is 107 cm³/mol. The third-order valence-electron chi connectivity index (χ3n) is 3.38. The first-order chi connectivity index (χ1) is 13.3. The lowest BCUT2D eigenvalue weighted by atomic mass is 10.1. The van der Waals surface area contributed by atoms with E-state index in [1.807, 2.05) is 6.07 Å². The van der Waals surface area contributed by atoms with E-state index in [-0.39, 0.29) is 16.3 Å². The van der Waals surface area contributed by atoms with Crippen molar-refractivity contribution in [3.05, 3.63) is 57.0 Å². The second-order valence-electron chi connectivity index (χ2n) is 5.35. The number of aliphatic carboxylic acids is 1. The van der Waals surface area contributed by atoms with Crippen LogP contribution in [-0.2, 0) is 9.59 Å². The van der Waals surface area contributed by atoms with Crippen molar-refractivity contribution < 1.29 is 24.2 Å². The van der Waals surface area contributed by atoms with E-state index >= 15 is 0 Å². The van der Waals surface area contributed by atoms with Crippen molar-refractivity contribution in [1.82, 2.24) is 0 Å². The number of benzene rings is 2. The van der Waals surface area contributed by atoms with Gasteiger partial charge in [-0.05, 0) is 64.0 Å². The Hall–Kier alpha value is -3.02. The SMILES string of the molecule is COc1ccc(NC(=O)C(C#N)=Cc2cc(Cl)c(OCC(=O)O)c(Br)c2)cc1. The summed E-state index contributed by atoms with van der Waals surface area (Å²) in [5, 5.41) is 20.8. The summed E-state index contributed by atoms with van der Waals surface area (Å²) in [6.07, 6.45) is 1.36. The van der Waals surface area contributed by atoms with Gasteiger partial charge in [-0.3, -0.25) is 4.79 Å². The predicted octanol–water partition coefficient (Wildman–Crippen LogP) is 4.12. The standard InChI is InChI=1S/C19H14BrClN2O5/c1-27-14-4-2-13(3-5-14)23-19(26)12(9-22)6-11-7-15(20)18(16(21)8-11)28-10-17(24)25/h2-8H,10H2,1H3,(H,23,26)(H,24,25). The monoisotopic (exact) mass is 464 g/mol. The van der Waals surface area contributed by atoms with Gasteiger partial charge < -0.3 is 19.9 Å². The van der Waals surface area contributed by atoms with Crippen molar-refractivity contribution in [1.29, 1.82) is 5.26 Å². The van der Waals surface area contributed by atoms with Crippen LogP contribution in [-0.4, -0.2) is 30.7 Å². The van der Waals surface area contributed by atoms with Crippen molar-refractivity contribution in [2.45, 2.75) is 0 Å². The molecule has 0 aliphatic carbocycles. The van der Waals surface area contributed by atoms with E-state index in [4.69, 9.17) is 26.2 Å². The van der Waals surface area contributed by atoms with Gasteiger partial charge in [-0.15, -0.1) is 0 Å². The highest BCUT2D eigenvalue weighted by atomic mass is 79.9. The second kappa shape index (κ2) is 9.78. The molecule has 0 spiro atoms. The van der Waals surface area contributed by atoms with Crippen LogP contribution in [0.25, 0.3) is 6.08 Å². The molecule has 2 aromatic rings. The number of amides is 1. The summed E-state index contributed by atoms with van der Waals surface area (Å²) in [6.45, 7) is -0.554. The van der Waals surface area contributed by atoms with Crippen molar-refractivity contribution >= 4 is 51.2 Å². The number of carbonyl (C=O) groups is 2. The first-order valence-corrected chi connectivity index (χ1v) is 8.92. The van der Waals surface area contributed by atoms with Gasteiger partial charge in [0.1, 0.15) is 17.4 Å². The van der Waals surface area contributed by atoms with Gasteiger partial charge in [0.25, 0.3) is 5.91 Å². The molecule has 0 saturated heterocycles. The summed E-state index contributed by atoms with van der Waals surface area (Å²) < 4.78 is 10.5. The van der Waals surface area contributed by atoms with Crippen LogP contribution in [0.5, 0.6) is 11.5 Å². The Bertz CT molecular complexity index is 944. The molecule has 0 radical (unpaired) electrons. The van der Waals surface area contributed by atoms with Crippen LogP contribution < -0.4 is 14.8 Å². The van der Waals surface area contributed by atoms with Gasteiger partial charge in [-0.1, -0.05) is 11.6 Å². The average Bonchev–Trinajstić information content (AvgIpc) is 2.65. The van der Waals surface area contributed by atoms with Crippen LogP contribution in [0.2, 0.25) is 5.02 Å². The summed E-state index contributed by atoms with van der Waals surface area (Å²) in [5.74, 6) is -0.943. The van der Waals surface area contributed by atoms with E-state index in [2.05, 4.69) is 21.2 Å². The van der Waals surface area contributed by atoms with Crippen molar-refractivity contribution in [3.63, 3.8) is 0 Å². The molecule has 9 heteroatoms. The number of carbonyl (C=O) groups excluding carboxylic acids is 1. The molecule has 1 amide bonds. The number of carboxylic acid groups (broad SMARTS) is 1. The first kappa shape index (κ1) is 21.3. The number of nitriles is 1. The minimum absolute atomic E-state index is 0.134. The molecule has 0 saturated carbocycles. The quantitative estimate of drug-likeness (QED) is 0.470. The Balaban J connectivity index is 2.21. The van der Waals surface area contributed by atoms with Gasteiger partial charge >= 0.3 is 5.97 Å². The normalized spacial score (nSPS) is 10.7.